The lowest BCUT2D eigenvalue weighted by Gasteiger charge is -2.12. The van der Waals surface area contributed by atoms with Crippen molar-refractivity contribution < 1.29 is 0 Å². The Balaban J connectivity index is 1.77. The number of aromatic nitrogens is 4. The quantitative estimate of drug-likeness (QED) is 0.678. The Kier molecular flexibility index (Phi) is 3.83. The molecule has 0 spiro atoms. The fraction of sp³-hybridized carbons (Fsp3) is 0.312. The van der Waals surface area contributed by atoms with Crippen LogP contribution in [0.3, 0.4) is 0 Å². The molecule has 1 aliphatic carbocycles. The summed E-state index contributed by atoms with van der Waals surface area (Å²) in [7, 11) is 0. The maximum atomic E-state index is 6.13. The number of rotatable bonds is 3. The van der Waals surface area contributed by atoms with Gasteiger partial charge in [0, 0.05) is 16.8 Å². The van der Waals surface area contributed by atoms with E-state index in [-0.39, 0.29) is 5.28 Å². The molecule has 1 saturated carbocycles. The van der Waals surface area contributed by atoms with Crippen molar-refractivity contribution in [1.29, 1.82) is 0 Å². The summed E-state index contributed by atoms with van der Waals surface area (Å²) in [6, 6.07) is 7.90. The van der Waals surface area contributed by atoms with Gasteiger partial charge in [-0.25, -0.2) is 4.98 Å². The minimum atomic E-state index is 0.210. The van der Waals surface area contributed by atoms with Crippen LogP contribution < -0.4 is 5.32 Å². The molecule has 0 atom stereocenters. The van der Waals surface area contributed by atoms with Gasteiger partial charge < -0.3 is 9.88 Å². The SMILES string of the molecule is Clc1cccc(Nc2nc(Cl)nc3c2ncn3C2CCCC2)c1. The van der Waals surface area contributed by atoms with Gasteiger partial charge in [-0.05, 0) is 42.6 Å². The minimum absolute atomic E-state index is 0.210. The van der Waals surface area contributed by atoms with E-state index in [2.05, 4.69) is 24.8 Å². The maximum absolute atomic E-state index is 6.13. The van der Waals surface area contributed by atoms with Gasteiger partial charge in [-0.2, -0.15) is 9.97 Å². The highest BCUT2D eigenvalue weighted by Gasteiger charge is 2.21. The Morgan fingerprint density at radius 3 is 2.74 bits per heavy atom. The Labute approximate surface area is 143 Å². The van der Waals surface area contributed by atoms with Crippen LogP contribution in [0.1, 0.15) is 31.7 Å². The molecule has 1 N–H and O–H groups in total. The molecule has 2 heterocycles. The molecule has 4 rings (SSSR count). The first kappa shape index (κ1) is 14.7. The van der Waals surface area contributed by atoms with E-state index in [1.54, 1.807) is 0 Å². The number of hydrogen-bond donors (Lipinski definition) is 1. The molecule has 1 fully saturated rings. The van der Waals surface area contributed by atoms with Crippen molar-refractivity contribution >= 4 is 45.9 Å². The summed E-state index contributed by atoms with van der Waals surface area (Å²) >= 11 is 12.2. The predicted octanol–water partition coefficient (Wildman–Crippen LogP) is 4.99. The first-order chi connectivity index (χ1) is 11.2. The van der Waals surface area contributed by atoms with E-state index < -0.39 is 0 Å². The zero-order valence-corrected chi connectivity index (χ0v) is 13.8. The van der Waals surface area contributed by atoms with Crippen LogP contribution in [0.4, 0.5) is 11.5 Å². The van der Waals surface area contributed by atoms with Gasteiger partial charge in [-0.15, -0.1) is 0 Å². The minimum Gasteiger partial charge on any atom is -0.338 e. The van der Waals surface area contributed by atoms with Crippen LogP contribution in [0, 0.1) is 0 Å². The normalized spacial score (nSPS) is 15.4. The van der Waals surface area contributed by atoms with Crippen molar-refractivity contribution in [2.45, 2.75) is 31.7 Å². The van der Waals surface area contributed by atoms with Gasteiger partial charge in [0.2, 0.25) is 5.28 Å². The first-order valence-corrected chi connectivity index (χ1v) is 8.39. The van der Waals surface area contributed by atoms with Gasteiger partial charge in [-0.1, -0.05) is 30.5 Å². The van der Waals surface area contributed by atoms with Crippen LogP contribution in [-0.2, 0) is 0 Å². The van der Waals surface area contributed by atoms with Crippen LogP contribution >= 0.6 is 23.2 Å². The Bertz CT molecular complexity index is 855. The lowest BCUT2D eigenvalue weighted by Crippen LogP contribution is -2.05. The first-order valence-electron chi connectivity index (χ1n) is 7.63. The number of imidazole rings is 1. The average Bonchev–Trinajstić information content (AvgIpc) is 3.15. The number of fused-ring (bicyclic) bond motifs is 1. The van der Waals surface area contributed by atoms with E-state index >= 15 is 0 Å². The average molecular weight is 348 g/mol. The lowest BCUT2D eigenvalue weighted by atomic mass is 10.2. The number of nitrogens with one attached hydrogen (secondary N) is 1. The van der Waals surface area contributed by atoms with Crippen LogP contribution in [0.15, 0.2) is 30.6 Å². The van der Waals surface area contributed by atoms with Gasteiger partial charge >= 0.3 is 0 Å². The van der Waals surface area contributed by atoms with Crippen molar-refractivity contribution in [1.82, 2.24) is 19.5 Å². The Hall–Kier alpha value is -1.85. The van der Waals surface area contributed by atoms with Crippen LogP contribution in [-0.4, -0.2) is 19.5 Å². The van der Waals surface area contributed by atoms with E-state index in [0.29, 0.717) is 16.9 Å². The zero-order chi connectivity index (χ0) is 15.8. The van der Waals surface area contributed by atoms with E-state index in [1.165, 1.54) is 12.8 Å². The van der Waals surface area contributed by atoms with E-state index in [4.69, 9.17) is 23.2 Å². The summed E-state index contributed by atoms with van der Waals surface area (Å²) in [5, 5.41) is 4.10. The molecule has 1 aliphatic rings. The molecule has 5 nitrogen and oxygen atoms in total. The molecule has 0 aliphatic heterocycles. The number of benzene rings is 1. The number of hydrogen-bond acceptors (Lipinski definition) is 4. The van der Waals surface area contributed by atoms with Crippen LogP contribution in [0.25, 0.3) is 11.2 Å². The molecular weight excluding hydrogens is 333 g/mol. The fourth-order valence-corrected chi connectivity index (χ4v) is 3.48. The highest BCUT2D eigenvalue weighted by molar-refractivity contribution is 6.30. The highest BCUT2D eigenvalue weighted by Crippen LogP contribution is 2.33. The monoisotopic (exact) mass is 347 g/mol. The molecular formula is C16H15Cl2N5. The molecule has 23 heavy (non-hydrogen) atoms. The second kappa shape index (κ2) is 5.98. The van der Waals surface area contributed by atoms with Gasteiger partial charge in [0.25, 0.3) is 0 Å². The van der Waals surface area contributed by atoms with Gasteiger partial charge in [0.05, 0.1) is 6.33 Å². The number of halogens is 2. The van der Waals surface area contributed by atoms with Crippen molar-refractivity contribution in [2.75, 3.05) is 5.32 Å². The smallest absolute Gasteiger partial charge is 0.226 e. The Morgan fingerprint density at radius 2 is 1.96 bits per heavy atom. The second-order valence-corrected chi connectivity index (χ2v) is 6.51. The molecule has 1 aromatic carbocycles. The van der Waals surface area contributed by atoms with Crippen molar-refractivity contribution in [2.24, 2.45) is 0 Å². The summed E-state index contributed by atoms with van der Waals surface area (Å²) in [6.07, 6.45) is 6.65. The van der Waals surface area contributed by atoms with Crippen molar-refractivity contribution in [3.8, 4) is 0 Å². The zero-order valence-electron chi connectivity index (χ0n) is 12.3. The third-order valence-electron chi connectivity index (χ3n) is 4.20. The number of anilines is 2. The summed E-state index contributed by atoms with van der Waals surface area (Å²) in [5.74, 6) is 0.596. The van der Waals surface area contributed by atoms with Crippen LogP contribution in [0.5, 0.6) is 0 Å². The Morgan fingerprint density at radius 1 is 1.13 bits per heavy atom. The molecule has 0 unspecified atom stereocenters. The van der Waals surface area contributed by atoms with Crippen molar-refractivity contribution in [3.63, 3.8) is 0 Å². The molecule has 3 aromatic rings. The van der Waals surface area contributed by atoms with E-state index in [9.17, 15) is 0 Å². The summed E-state index contributed by atoms with van der Waals surface area (Å²) in [6.45, 7) is 0. The molecule has 2 aromatic heterocycles. The number of nitrogens with zero attached hydrogens (tertiary/aromatic N) is 4. The molecule has 0 amide bonds. The van der Waals surface area contributed by atoms with E-state index in [0.717, 1.165) is 29.7 Å². The molecule has 7 heteroatoms. The largest absolute Gasteiger partial charge is 0.338 e. The topological polar surface area (TPSA) is 55.6 Å². The standard InChI is InChI=1S/C16H15Cl2N5/c17-10-4-3-5-11(8-10)20-14-13-15(22-16(18)21-14)23(9-19-13)12-6-1-2-7-12/h3-5,8-9,12H,1-2,6-7H2,(H,20,21,22). The predicted molar refractivity (Wildman–Crippen MR) is 92.6 cm³/mol. The third kappa shape index (κ3) is 2.86. The summed E-state index contributed by atoms with van der Waals surface area (Å²) in [4.78, 5) is 13.2. The van der Waals surface area contributed by atoms with Gasteiger partial charge in [0.1, 0.15) is 0 Å². The summed E-state index contributed by atoms with van der Waals surface area (Å²) in [5.41, 5.74) is 2.34. The summed E-state index contributed by atoms with van der Waals surface area (Å²) < 4.78 is 2.12. The lowest BCUT2D eigenvalue weighted by molar-refractivity contribution is 0.529. The van der Waals surface area contributed by atoms with E-state index in [1.807, 2.05) is 30.6 Å². The van der Waals surface area contributed by atoms with Crippen LogP contribution in [0.2, 0.25) is 10.3 Å². The molecule has 118 valence electrons. The van der Waals surface area contributed by atoms with Gasteiger partial charge in [0.15, 0.2) is 17.0 Å². The van der Waals surface area contributed by atoms with Crippen molar-refractivity contribution in [3.05, 3.63) is 40.9 Å². The fourth-order valence-electron chi connectivity index (χ4n) is 3.13. The highest BCUT2D eigenvalue weighted by atomic mass is 35.5. The molecule has 0 radical (unpaired) electrons. The maximum Gasteiger partial charge on any atom is 0.226 e. The second-order valence-electron chi connectivity index (χ2n) is 5.74. The molecule has 0 bridgehead atoms. The third-order valence-corrected chi connectivity index (χ3v) is 4.60. The molecule has 0 saturated heterocycles. The van der Waals surface area contributed by atoms with Gasteiger partial charge in [-0.3, -0.25) is 0 Å².